The molecule has 6 aromatic carbocycles. The number of rotatable bonds is 6. The molecule has 17 rings (SSSR count). The summed E-state index contributed by atoms with van der Waals surface area (Å²) in [6, 6.07) is 53.9. The molecule has 0 radical (unpaired) electrons. The lowest BCUT2D eigenvalue weighted by Crippen LogP contribution is -1.94. The summed E-state index contributed by atoms with van der Waals surface area (Å²) in [5.41, 5.74) is 42.4. The van der Waals surface area contributed by atoms with Crippen LogP contribution in [0, 0.1) is 83.1 Å². The van der Waals surface area contributed by atoms with Crippen LogP contribution < -0.4 is 0 Å². The van der Waals surface area contributed by atoms with Gasteiger partial charge in [-0.2, -0.15) is 0 Å². The molecule has 0 amide bonds. The third-order valence-electron chi connectivity index (χ3n) is 19.9. The largest absolute Gasteiger partial charge is 0.355 e. The number of nitrogens with one attached hydrogen (secondary N) is 4. The highest BCUT2D eigenvalue weighted by Crippen LogP contribution is 2.49. The molecule has 0 unspecified atom stereocenters. The number of hydrogen-bond acceptors (Lipinski definition) is 5. The maximum atomic E-state index is 5.82. The molecule has 0 spiro atoms. The van der Waals surface area contributed by atoms with Crippen molar-refractivity contribution in [2.24, 2.45) is 0 Å². The Morgan fingerprint density at radius 2 is 0.515 bits per heavy atom. The van der Waals surface area contributed by atoms with Crippen LogP contribution in [-0.2, 0) is 0 Å². The predicted octanol–water partition coefficient (Wildman–Crippen LogP) is 23.7. The fourth-order valence-corrected chi connectivity index (χ4v) is 17.7. The standard InChI is InChI=1S/C88H72N8S/c1-45-35-49(5)77(50(6)36-45)83-69-23-19-57(89-69)43-58-20-24-70(90-58)84(78-51(7)37-46(2)38-52(78)8)74-32-28-66(94-74)81(65-27-31-73(83)93-65)63-17-13-15-61-62-16-14-18-64(88(62)97-87(61)63)82-67-29-33-75(95-67)85(79-53(9)39-47(3)40-54(79)10)71-25-21-59(91-71)44-60-22-26-72(92-60)86(76-34-30-68(82)96-76)80-55(11)41-48(4)42-56(80)12/h13-44,89,91,94,96H,1-12H3. The first kappa shape index (κ1) is 59.5. The zero-order valence-electron chi connectivity index (χ0n) is 56.7. The highest BCUT2D eigenvalue weighted by molar-refractivity contribution is 7.27. The zero-order valence-corrected chi connectivity index (χ0v) is 57.5. The number of hydrogen-bond donors (Lipinski definition) is 4. The van der Waals surface area contributed by atoms with Gasteiger partial charge < -0.3 is 19.9 Å². The second-order valence-electron chi connectivity index (χ2n) is 27.3. The van der Waals surface area contributed by atoms with Crippen molar-refractivity contribution in [2.75, 3.05) is 0 Å². The molecule has 11 heterocycles. The van der Waals surface area contributed by atoms with Gasteiger partial charge >= 0.3 is 0 Å². The summed E-state index contributed by atoms with van der Waals surface area (Å²) in [6.07, 6.45) is 17.5. The van der Waals surface area contributed by atoms with E-state index in [1.54, 1.807) is 0 Å². The lowest BCUT2D eigenvalue weighted by Gasteiger charge is -2.13. The van der Waals surface area contributed by atoms with Crippen LogP contribution in [0.1, 0.15) is 112 Å². The van der Waals surface area contributed by atoms with Crippen LogP contribution in [0.2, 0.25) is 0 Å². The highest BCUT2D eigenvalue weighted by Gasteiger charge is 2.26. The molecule has 0 atom stereocenters. The molecule has 0 saturated carbocycles. The quantitative estimate of drug-likeness (QED) is 0.133. The number of aromatic nitrogens is 8. The van der Waals surface area contributed by atoms with Crippen LogP contribution >= 0.6 is 11.3 Å². The average molecular weight is 1270 g/mol. The van der Waals surface area contributed by atoms with Gasteiger partial charge in [0.05, 0.1) is 45.6 Å². The summed E-state index contributed by atoms with van der Waals surface area (Å²) in [7, 11) is 0. The summed E-state index contributed by atoms with van der Waals surface area (Å²) in [4.78, 5) is 38.4. The van der Waals surface area contributed by atoms with Crippen molar-refractivity contribution in [3.63, 3.8) is 0 Å². The maximum Gasteiger partial charge on any atom is 0.0737 e. The van der Waals surface area contributed by atoms with Gasteiger partial charge in [0.25, 0.3) is 0 Å². The van der Waals surface area contributed by atoms with E-state index in [4.69, 9.17) is 19.9 Å². The molecule has 0 fully saturated rings. The third kappa shape index (κ3) is 10.0. The average Bonchev–Trinajstić information content (AvgIpc) is 1.60. The summed E-state index contributed by atoms with van der Waals surface area (Å²) in [5.74, 6) is 0. The number of aromatic amines is 4. The molecular formula is C88H72N8S. The van der Waals surface area contributed by atoms with Crippen LogP contribution in [0.5, 0.6) is 0 Å². The molecule has 97 heavy (non-hydrogen) atoms. The summed E-state index contributed by atoms with van der Waals surface area (Å²) in [5, 5.41) is 2.32. The molecular weight excluding hydrogens is 1200 g/mol. The van der Waals surface area contributed by atoms with Crippen LogP contribution in [0.15, 0.2) is 146 Å². The van der Waals surface area contributed by atoms with Crippen molar-refractivity contribution in [3.8, 4) is 66.8 Å². The first-order valence-corrected chi connectivity index (χ1v) is 34.3. The van der Waals surface area contributed by atoms with Gasteiger partial charge in [0.1, 0.15) is 0 Å². The van der Waals surface area contributed by atoms with E-state index in [0.29, 0.717) is 0 Å². The Bertz CT molecular complexity index is 5580. The second-order valence-corrected chi connectivity index (χ2v) is 28.3. The molecule has 470 valence electrons. The molecule has 8 nitrogen and oxygen atoms in total. The van der Waals surface area contributed by atoms with E-state index in [9.17, 15) is 0 Å². The van der Waals surface area contributed by atoms with Crippen molar-refractivity contribution in [1.29, 1.82) is 0 Å². The van der Waals surface area contributed by atoms with E-state index in [2.05, 4.69) is 297 Å². The molecule has 9 heteroatoms. The van der Waals surface area contributed by atoms with Gasteiger partial charge in [-0.15, -0.1) is 11.3 Å². The van der Waals surface area contributed by atoms with Crippen molar-refractivity contribution in [1.82, 2.24) is 39.9 Å². The Labute approximate surface area is 568 Å². The van der Waals surface area contributed by atoms with Crippen molar-refractivity contribution >= 4 is 124 Å². The van der Waals surface area contributed by atoms with Gasteiger partial charge in [-0.25, -0.2) is 19.9 Å². The number of H-pyrrole nitrogens is 4. The van der Waals surface area contributed by atoms with Gasteiger partial charge in [0, 0.05) is 109 Å². The minimum Gasteiger partial charge on any atom is -0.355 e. The van der Waals surface area contributed by atoms with E-state index in [1.165, 1.54) is 89.0 Å². The Hall–Kier alpha value is -11.3. The molecule has 16 bridgehead atoms. The van der Waals surface area contributed by atoms with Crippen LogP contribution in [0.3, 0.4) is 0 Å². The van der Waals surface area contributed by atoms with Crippen molar-refractivity contribution in [2.45, 2.75) is 83.1 Å². The molecule has 0 saturated heterocycles. The van der Waals surface area contributed by atoms with Crippen LogP contribution in [0.4, 0.5) is 0 Å². The first-order valence-electron chi connectivity index (χ1n) is 33.5. The van der Waals surface area contributed by atoms with E-state index in [0.717, 1.165) is 154 Å². The van der Waals surface area contributed by atoms with E-state index in [-0.39, 0.29) is 0 Å². The Balaban J connectivity index is 0.984. The fourth-order valence-electron chi connectivity index (χ4n) is 16.4. The van der Waals surface area contributed by atoms with Crippen molar-refractivity contribution in [3.05, 3.63) is 258 Å². The number of thiophene rings is 1. The number of aryl methyl sites for hydroxylation is 12. The van der Waals surface area contributed by atoms with Crippen molar-refractivity contribution < 1.29 is 0 Å². The molecule has 13 aromatic rings. The molecule has 4 aliphatic heterocycles. The first-order chi connectivity index (χ1) is 46.9. The predicted molar refractivity (Wildman–Crippen MR) is 414 cm³/mol. The minimum atomic E-state index is 0.868. The smallest absolute Gasteiger partial charge is 0.0737 e. The fraction of sp³-hybridized carbons (Fsp3) is 0.136. The molecule has 7 aromatic heterocycles. The van der Waals surface area contributed by atoms with E-state index in [1.807, 2.05) is 11.3 Å². The SMILES string of the molecule is Cc1cc(C)c(-c2c3nc(c(-c4cccc5c4sc4c(-c6c7nc(c(-c8c(C)cc(C)cc8C)c8ccc(cc9nc(c(-c%10c(C)cc(C)cc%10C)c%10ccc6[nH]%10)C=C9)[nH]8)C=C7)cccc45)c4ccc([nH]4)c(-c4c(C)cc(C)cc4C)c4nc(cc5ccc2[nH]5)C=C4)C=C3)c(C)c1. The molecule has 0 aliphatic carbocycles. The maximum absolute atomic E-state index is 5.82. The summed E-state index contributed by atoms with van der Waals surface area (Å²) >= 11 is 1.84. The lowest BCUT2D eigenvalue weighted by molar-refractivity contribution is 1.28. The topological polar surface area (TPSA) is 115 Å². The van der Waals surface area contributed by atoms with Crippen LogP contribution in [0.25, 0.3) is 180 Å². The Kier molecular flexibility index (Phi) is 13.9. The zero-order chi connectivity index (χ0) is 66.4. The monoisotopic (exact) mass is 1270 g/mol. The lowest BCUT2D eigenvalue weighted by atomic mass is 9.92. The Morgan fingerprint density at radius 1 is 0.247 bits per heavy atom. The minimum absolute atomic E-state index is 0.868. The highest BCUT2D eigenvalue weighted by atomic mass is 32.1. The summed E-state index contributed by atoms with van der Waals surface area (Å²) < 4.78 is 2.31. The van der Waals surface area contributed by atoms with Gasteiger partial charge in [-0.1, -0.05) is 107 Å². The normalized spacial score (nSPS) is 12.6. The van der Waals surface area contributed by atoms with Gasteiger partial charge in [-0.3, -0.25) is 0 Å². The summed E-state index contributed by atoms with van der Waals surface area (Å²) in [6.45, 7) is 26.5. The van der Waals surface area contributed by atoms with Gasteiger partial charge in [0.2, 0.25) is 0 Å². The molecule has 4 N–H and O–H groups in total. The van der Waals surface area contributed by atoms with Gasteiger partial charge in [-0.05, 0) is 259 Å². The van der Waals surface area contributed by atoms with Gasteiger partial charge in [0.15, 0.2) is 0 Å². The molecule has 4 aliphatic rings. The number of benzene rings is 6. The number of nitrogens with zero attached hydrogens (tertiary/aromatic N) is 4. The van der Waals surface area contributed by atoms with E-state index < -0.39 is 0 Å². The second kappa shape index (κ2) is 22.7. The number of fused-ring (bicyclic) bond motifs is 19. The Morgan fingerprint density at radius 3 is 0.845 bits per heavy atom. The third-order valence-corrected chi connectivity index (χ3v) is 21.2. The van der Waals surface area contributed by atoms with Crippen LogP contribution in [-0.4, -0.2) is 39.9 Å². The van der Waals surface area contributed by atoms with E-state index >= 15 is 0 Å².